The fraction of sp³-hybridized carbons (Fsp3) is 0.533. The molecule has 0 heterocycles. The van der Waals surface area contributed by atoms with Crippen molar-refractivity contribution in [2.45, 2.75) is 45.4 Å². The number of Topliss-reactive ketones (excluding diaryl/α,β-unsaturated/α-hetero) is 1. The van der Waals surface area contributed by atoms with E-state index in [0.29, 0.717) is 6.42 Å². The summed E-state index contributed by atoms with van der Waals surface area (Å²) in [4.78, 5) is 11.4. The van der Waals surface area contributed by atoms with Crippen LogP contribution in [0.5, 0.6) is 5.75 Å². The molecule has 2 rings (SSSR count). The SMILES string of the molecule is COc1c(CC(C)=O)cc2c(c1Br)CCCCC2. The summed E-state index contributed by atoms with van der Waals surface area (Å²) in [6, 6.07) is 2.17. The Balaban J connectivity index is 2.51. The molecule has 98 valence electrons. The Morgan fingerprint density at radius 1 is 1.33 bits per heavy atom. The summed E-state index contributed by atoms with van der Waals surface area (Å²) in [6.07, 6.45) is 6.43. The van der Waals surface area contributed by atoms with Gasteiger partial charge in [0.05, 0.1) is 11.6 Å². The molecule has 0 saturated carbocycles. The number of halogens is 1. The van der Waals surface area contributed by atoms with Gasteiger partial charge in [0.1, 0.15) is 11.5 Å². The van der Waals surface area contributed by atoms with Crippen molar-refractivity contribution < 1.29 is 9.53 Å². The number of rotatable bonds is 3. The van der Waals surface area contributed by atoms with Crippen LogP contribution in [-0.2, 0) is 24.1 Å². The fourth-order valence-corrected chi connectivity index (χ4v) is 3.56. The second-order valence-corrected chi connectivity index (χ2v) is 5.75. The van der Waals surface area contributed by atoms with Crippen molar-refractivity contribution in [1.82, 2.24) is 0 Å². The summed E-state index contributed by atoms with van der Waals surface area (Å²) in [7, 11) is 1.67. The van der Waals surface area contributed by atoms with Gasteiger partial charge in [-0.1, -0.05) is 12.5 Å². The van der Waals surface area contributed by atoms with E-state index < -0.39 is 0 Å². The normalized spacial score (nSPS) is 14.8. The number of benzene rings is 1. The molecule has 0 unspecified atom stereocenters. The Morgan fingerprint density at radius 2 is 2.06 bits per heavy atom. The molecule has 0 saturated heterocycles. The van der Waals surface area contributed by atoms with E-state index in [9.17, 15) is 4.79 Å². The highest BCUT2D eigenvalue weighted by molar-refractivity contribution is 9.10. The summed E-state index contributed by atoms with van der Waals surface area (Å²) in [6.45, 7) is 1.62. The molecule has 0 aromatic heterocycles. The van der Waals surface area contributed by atoms with E-state index >= 15 is 0 Å². The van der Waals surface area contributed by atoms with Gasteiger partial charge in [0, 0.05) is 12.0 Å². The third-order valence-electron chi connectivity index (χ3n) is 3.51. The Hall–Kier alpha value is -0.830. The zero-order chi connectivity index (χ0) is 13.1. The molecule has 1 aliphatic rings. The van der Waals surface area contributed by atoms with Crippen molar-refractivity contribution in [2.75, 3.05) is 7.11 Å². The highest BCUT2D eigenvalue weighted by Gasteiger charge is 2.19. The molecule has 0 amide bonds. The topological polar surface area (TPSA) is 26.3 Å². The first-order chi connectivity index (χ1) is 8.63. The third kappa shape index (κ3) is 2.77. The Bertz CT molecular complexity index is 466. The third-order valence-corrected chi connectivity index (χ3v) is 4.35. The van der Waals surface area contributed by atoms with Crippen LogP contribution >= 0.6 is 15.9 Å². The average Bonchev–Trinajstić information content (AvgIpc) is 2.54. The predicted molar refractivity (Wildman–Crippen MR) is 76.3 cm³/mol. The largest absolute Gasteiger partial charge is 0.495 e. The van der Waals surface area contributed by atoms with Gasteiger partial charge in [-0.15, -0.1) is 0 Å². The highest BCUT2D eigenvalue weighted by atomic mass is 79.9. The van der Waals surface area contributed by atoms with E-state index in [1.807, 2.05) is 0 Å². The van der Waals surface area contributed by atoms with Gasteiger partial charge in [-0.25, -0.2) is 0 Å². The first-order valence-corrected chi connectivity index (χ1v) is 7.29. The van der Waals surface area contributed by atoms with Crippen molar-refractivity contribution in [3.8, 4) is 5.75 Å². The lowest BCUT2D eigenvalue weighted by Crippen LogP contribution is -2.04. The molecule has 3 heteroatoms. The lowest BCUT2D eigenvalue weighted by atomic mass is 9.97. The molecule has 0 fully saturated rings. The van der Waals surface area contributed by atoms with E-state index in [-0.39, 0.29) is 5.78 Å². The van der Waals surface area contributed by atoms with Crippen molar-refractivity contribution in [3.63, 3.8) is 0 Å². The molecule has 1 aromatic carbocycles. The summed E-state index contributed by atoms with van der Waals surface area (Å²) in [5, 5.41) is 0. The second-order valence-electron chi connectivity index (χ2n) is 4.96. The van der Waals surface area contributed by atoms with E-state index in [0.717, 1.165) is 28.6 Å². The quantitative estimate of drug-likeness (QED) is 0.792. The number of ketones is 1. The maximum atomic E-state index is 11.4. The number of hydrogen-bond donors (Lipinski definition) is 0. The number of carbonyl (C=O) groups is 1. The van der Waals surface area contributed by atoms with Crippen LogP contribution in [0.25, 0.3) is 0 Å². The van der Waals surface area contributed by atoms with E-state index in [2.05, 4.69) is 22.0 Å². The minimum Gasteiger partial charge on any atom is -0.495 e. The van der Waals surface area contributed by atoms with Crippen molar-refractivity contribution in [2.24, 2.45) is 0 Å². The van der Waals surface area contributed by atoms with Crippen molar-refractivity contribution in [3.05, 3.63) is 27.2 Å². The molecule has 0 N–H and O–H groups in total. The van der Waals surface area contributed by atoms with E-state index in [1.54, 1.807) is 14.0 Å². The standard InChI is InChI=1S/C15H19BrO2/c1-10(17)8-12-9-11-6-4-3-5-7-13(11)14(16)15(12)18-2/h9H,3-8H2,1-2H3. The van der Waals surface area contributed by atoms with Crippen LogP contribution in [0, 0.1) is 0 Å². The highest BCUT2D eigenvalue weighted by Crippen LogP contribution is 2.38. The van der Waals surface area contributed by atoms with Crippen LogP contribution in [-0.4, -0.2) is 12.9 Å². The number of aryl methyl sites for hydroxylation is 1. The van der Waals surface area contributed by atoms with Crippen molar-refractivity contribution in [1.29, 1.82) is 0 Å². The Morgan fingerprint density at radius 3 is 2.72 bits per heavy atom. The monoisotopic (exact) mass is 310 g/mol. The molecule has 1 aliphatic carbocycles. The Kier molecular flexibility index (Phi) is 4.44. The number of carbonyl (C=O) groups excluding carboxylic acids is 1. The molecule has 2 nitrogen and oxygen atoms in total. The van der Waals surface area contributed by atoms with Crippen LogP contribution in [0.15, 0.2) is 10.5 Å². The van der Waals surface area contributed by atoms with Crippen LogP contribution in [0.4, 0.5) is 0 Å². The maximum absolute atomic E-state index is 11.4. The number of fused-ring (bicyclic) bond motifs is 1. The number of hydrogen-bond acceptors (Lipinski definition) is 2. The van der Waals surface area contributed by atoms with Gasteiger partial charge in [0.2, 0.25) is 0 Å². The molecule has 0 aliphatic heterocycles. The molecular weight excluding hydrogens is 292 g/mol. The first kappa shape index (κ1) is 13.6. The van der Waals surface area contributed by atoms with Crippen LogP contribution in [0.2, 0.25) is 0 Å². The Labute approximate surface area is 117 Å². The summed E-state index contributed by atoms with van der Waals surface area (Å²) in [5.74, 6) is 1.01. The molecule has 0 radical (unpaired) electrons. The van der Waals surface area contributed by atoms with Gasteiger partial charge in [-0.05, 0) is 59.7 Å². The maximum Gasteiger partial charge on any atom is 0.136 e. The minimum absolute atomic E-state index is 0.175. The lowest BCUT2D eigenvalue weighted by molar-refractivity contribution is -0.116. The van der Waals surface area contributed by atoms with Gasteiger partial charge < -0.3 is 4.74 Å². The second kappa shape index (κ2) is 5.87. The predicted octanol–water partition coefficient (Wildman–Crippen LogP) is 3.86. The molecule has 18 heavy (non-hydrogen) atoms. The summed E-state index contributed by atoms with van der Waals surface area (Å²) in [5.41, 5.74) is 3.77. The lowest BCUT2D eigenvalue weighted by Gasteiger charge is -2.16. The zero-order valence-electron chi connectivity index (χ0n) is 11.0. The van der Waals surface area contributed by atoms with Gasteiger partial charge in [-0.2, -0.15) is 0 Å². The molecule has 0 spiro atoms. The van der Waals surface area contributed by atoms with Gasteiger partial charge in [0.15, 0.2) is 0 Å². The first-order valence-electron chi connectivity index (χ1n) is 6.50. The molecule has 0 atom stereocenters. The van der Waals surface area contributed by atoms with Crippen LogP contribution < -0.4 is 4.74 Å². The van der Waals surface area contributed by atoms with Gasteiger partial charge in [-0.3, -0.25) is 4.79 Å². The molecule has 1 aromatic rings. The smallest absolute Gasteiger partial charge is 0.136 e. The van der Waals surface area contributed by atoms with Crippen LogP contribution in [0.1, 0.15) is 42.9 Å². The number of methoxy groups -OCH3 is 1. The summed E-state index contributed by atoms with van der Waals surface area (Å²) < 4.78 is 6.54. The van der Waals surface area contributed by atoms with E-state index in [1.165, 1.54) is 30.4 Å². The fourth-order valence-electron chi connectivity index (χ4n) is 2.69. The van der Waals surface area contributed by atoms with Crippen LogP contribution in [0.3, 0.4) is 0 Å². The minimum atomic E-state index is 0.175. The van der Waals surface area contributed by atoms with Crippen molar-refractivity contribution >= 4 is 21.7 Å². The van der Waals surface area contributed by atoms with E-state index in [4.69, 9.17) is 4.74 Å². The zero-order valence-corrected chi connectivity index (χ0v) is 12.6. The average molecular weight is 311 g/mol. The van der Waals surface area contributed by atoms with Gasteiger partial charge in [0.25, 0.3) is 0 Å². The molecule has 0 bridgehead atoms. The van der Waals surface area contributed by atoms with Gasteiger partial charge >= 0.3 is 0 Å². The number of ether oxygens (including phenoxy) is 1. The molecular formula is C15H19BrO2. The summed E-state index contributed by atoms with van der Waals surface area (Å²) >= 11 is 3.67.